The first-order chi connectivity index (χ1) is 5.29. The quantitative estimate of drug-likeness (QED) is 0.696. The highest BCUT2D eigenvalue weighted by atomic mass is 16.5. The Kier molecular flexibility index (Phi) is 1.46. The zero-order valence-corrected chi connectivity index (χ0v) is 6.58. The van der Waals surface area contributed by atoms with Gasteiger partial charge in [0.05, 0.1) is 5.69 Å². The van der Waals surface area contributed by atoms with E-state index in [0.29, 0.717) is 5.92 Å². The van der Waals surface area contributed by atoms with Crippen molar-refractivity contribution >= 4 is 0 Å². The van der Waals surface area contributed by atoms with Gasteiger partial charge in [-0.1, -0.05) is 5.16 Å². The second-order valence-electron chi connectivity index (χ2n) is 3.22. The summed E-state index contributed by atoms with van der Waals surface area (Å²) < 4.78 is 4.81. The predicted octanol–water partition coefficient (Wildman–Crippen LogP) is 1.39. The molecule has 0 amide bonds. The third-order valence-electron chi connectivity index (χ3n) is 2.28. The smallest absolute Gasteiger partial charge is 0.128 e. The van der Waals surface area contributed by atoms with Gasteiger partial charge in [0.2, 0.25) is 0 Å². The molecule has 0 bridgehead atoms. The molecule has 1 aromatic rings. The van der Waals surface area contributed by atoms with Gasteiger partial charge >= 0.3 is 0 Å². The average Bonchev–Trinajstić information content (AvgIpc) is 2.74. The highest BCUT2D eigenvalue weighted by Crippen LogP contribution is 2.39. The van der Waals surface area contributed by atoms with E-state index in [1.807, 2.05) is 6.92 Å². The van der Waals surface area contributed by atoms with Crippen LogP contribution in [0, 0.1) is 12.8 Å². The summed E-state index contributed by atoms with van der Waals surface area (Å²) >= 11 is 0. The van der Waals surface area contributed by atoms with Crippen LogP contribution in [0.15, 0.2) is 10.8 Å². The molecule has 1 aliphatic carbocycles. The lowest BCUT2D eigenvalue weighted by molar-refractivity contribution is 0.413. The zero-order valence-electron chi connectivity index (χ0n) is 6.58. The Morgan fingerprint density at radius 3 is 2.91 bits per heavy atom. The number of rotatable bonds is 2. The van der Waals surface area contributed by atoms with Gasteiger partial charge in [-0.2, -0.15) is 0 Å². The van der Waals surface area contributed by atoms with Crippen molar-refractivity contribution in [2.75, 3.05) is 0 Å². The van der Waals surface area contributed by atoms with Crippen LogP contribution in [0.3, 0.4) is 0 Å². The van der Waals surface area contributed by atoms with Gasteiger partial charge in [0.25, 0.3) is 0 Å². The Balaban J connectivity index is 2.20. The topological polar surface area (TPSA) is 52.0 Å². The largest absolute Gasteiger partial charge is 0.364 e. The molecule has 0 saturated heterocycles. The van der Waals surface area contributed by atoms with Gasteiger partial charge in [0, 0.05) is 11.6 Å². The summed E-state index contributed by atoms with van der Waals surface area (Å²) in [5.41, 5.74) is 7.96. The summed E-state index contributed by atoms with van der Waals surface area (Å²) in [4.78, 5) is 0. The highest BCUT2D eigenvalue weighted by molar-refractivity contribution is 5.19. The first-order valence-corrected chi connectivity index (χ1v) is 3.95. The summed E-state index contributed by atoms with van der Waals surface area (Å²) in [5, 5.41) is 3.79. The second-order valence-corrected chi connectivity index (χ2v) is 3.22. The first-order valence-electron chi connectivity index (χ1n) is 3.95. The normalized spacial score (nSPS) is 20.2. The molecule has 1 saturated carbocycles. The van der Waals surface area contributed by atoms with Crippen molar-refractivity contribution in [3.05, 3.63) is 17.5 Å². The fourth-order valence-electron chi connectivity index (χ4n) is 1.33. The number of aryl methyl sites for hydroxylation is 1. The van der Waals surface area contributed by atoms with Crippen LogP contribution in [0.2, 0.25) is 0 Å². The average molecular weight is 152 g/mol. The molecule has 3 heteroatoms. The number of nitrogens with zero attached hydrogens (tertiary/aromatic N) is 1. The van der Waals surface area contributed by atoms with E-state index < -0.39 is 0 Å². The van der Waals surface area contributed by atoms with Crippen LogP contribution in [-0.4, -0.2) is 5.16 Å². The Morgan fingerprint density at radius 2 is 2.45 bits per heavy atom. The van der Waals surface area contributed by atoms with Crippen molar-refractivity contribution in [1.29, 1.82) is 0 Å². The van der Waals surface area contributed by atoms with Gasteiger partial charge in [-0.05, 0) is 25.7 Å². The molecule has 0 radical (unpaired) electrons. The SMILES string of the molecule is Cc1nocc1[C@@H](N)C1CC1. The molecular formula is C8H12N2O. The molecule has 1 aromatic heterocycles. The predicted molar refractivity (Wildman–Crippen MR) is 40.9 cm³/mol. The van der Waals surface area contributed by atoms with Crippen LogP contribution in [0.4, 0.5) is 0 Å². The Labute approximate surface area is 65.6 Å². The van der Waals surface area contributed by atoms with Crippen LogP contribution < -0.4 is 5.73 Å². The third-order valence-corrected chi connectivity index (χ3v) is 2.28. The molecule has 1 aliphatic rings. The zero-order chi connectivity index (χ0) is 7.84. The maximum Gasteiger partial charge on any atom is 0.128 e. The van der Waals surface area contributed by atoms with Crippen molar-refractivity contribution < 1.29 is 4.52 Å². The molecule has 11 heavy (non-hydrogen) atoms. The van der Waals surface area contributed by atoms with Gasteiger partial charge in [-0.3, -0.25) is 0 Å². The number of nitrogens with two attached hydrogens (primary N) is 1. The fraction of sp³-hybridized carbons (Fsp3) is 0.625. The van der Waals surface area contributed by atoms with E-state index in [4.69, 9.17) is 10.3 Å². The van der Waals surface area contributed by atoms with E-state index in [2.05, 4.69) is 5.16 Å². The summed E-state index contributed by atoms with van der Waals surface area (Å²) in [6.07, 6.45) is 4.18. The number of aromatic nitrogens is 1. The van der Waals surface area contributed by atoms with Crippen molar-refractivity contribution in [2.24, 2.45) is 11.7 Å². The molecule has 1 fully saturated rings. The summed E-state index contributed by atoms with van der Waals surface area (Å²) in [5.74, 6) is 0.674. The van der Waals surface area contributed by atoms with Gasteiger partial charge in [-0.25, -0.2) is 0 Å². The fourth-order valence-corrected chi connectivity index (χ4v) is 1.33. The molecule has 0 aliphatic heterocycles. The molecule has 1 atom stereocenters. The van der Waals surface area contributed by atoms with E-state index in [-0.39, 0.29) is 6.04 Å². The lowest BCUT2D eigenvalue weighted by Gasteiger charge is -2.06. The maximum absolute atomic E-state index is 5.95. The molecule has 2 rings (SSSR count). The molecular weight excluding hydrogens is 140 g/mol. The minimum atomic E-state index is 0.154. The standard InChI is InChI=1S/C8H12N2O/c1-5-7(4-11-10-5)8(9)6-2-3-6/h4,6,8H,2-3,9H2,1H3/t8-/m0/s1. The first kappa shape index (κ1) is 6.85. The van der Waals surface area contributed by atoms with E-state index in [0.717, 1.165) is 11.3 Å². The van der Waals surface area contributed by atoms with Gasteiger partial charge in [-0.15, -0.1) is 0 Å². The van der Waals surface area contributed by atoms with Crippen molar-refractivity contribution in [1.82, 2.24) is 5.16 Å². The Morgan fingerprint density at radius 1 is 1.73 bits per heavy atom. The monoisotopic (exact) mass is 152 g/mol. The molecule has 60 valence electrons. The third kappa shape index (κ3) is 1.16. The lowest BCUT2D eigenvalue weighted by Crippen LogP contribution is -2.12. The van der Waals surface area contributed by atoms with Crippen molar-refractivity contribution in [3.63, 3.8) is 0 Å². The van der Waals surface area contributed by atoms with Crippen molar-refractivity contribution in [2.45, 2.75) is 25.8 Å². The van der Waals surface area contributed by atoms with Gasteiger partial charge in [0.15, 0.2) is 0 Å². The Bertz CT molecular complexity index is 252. The van der Waals surface area contributed by atoms with E-state index in [1.54, 1.807) is 6.26 Å². The second kappa shape index (κ2) is 2.34. The highest BCUT2D eigenvalue weighted by Gasteiger charge is 2.31. The van der Waals surface area contributed by atoms with Crippen LogP contribution in [0.25, 0.3) is 0 Å². The van der Waals surface area contributed by atoms with Crippen molar-refractivity contribution in [3.8, 4) is 0 Å². The summed E-state index contributed by atoms with van der Waals surface area (Å²) in [6.45, 7) is 1.93. The summed E-state index contributed by atoms with van der Waals surface area (Å²) in [7, 11) is 0. The number of hydrogen-bond acceptors (Lipinski definition) is 3. The molecule has 1 heterocycles. The van der Waals surface area contributed by atoms with E-state index in [9.17, 15) is 0 Å². The molecule has 0 spiro atoms. The molecule has 0 aromatic carbocycles. The van der Waals surface area contributed by atoms with Gasteiger partial charge < -0.3 is 10.3 Å². The molecule has 3 nitrogen and oxygen atoms in total. The van der Waals surface area contributed by atoms with Crippen LogP contribution in [0.1, 0.15) is 30.1 Å². The number of hydrogen-bond donors (Lipinski definition) is 1. The van der Waals surface area contributed by atoms with Crippen LogP contribution in [-0.2, 0) is 0 Å². The van der Waals surface area contributed by atoms with Crippen LogP contribution in [0.5, 0.6) is 0 Å². The maximum atomic E-state index is 5.95. The summed E-state index contributed by atoms with van der Waals surface area (Å²) in [6, 6.07) is 0.154. The Hall–Kier alpha value is -0.830. The minimum Gasteiger partial charge on any atom is -0.364 e. The lowest BCUT2D eigenvalue weighted by atomic mass is 10.1. The minimum absolute atomic E-state index is 0.154. The molecule has 0 unspecified atom stereocenters. The van der Waals surface area contributed by atoms with E-state index in [1.165, 1.54) is 12.8 Å². The van der Waals surface area contributed by atoms with Gasteiger partial charge in [0.1, 0.15) is 6.26 Å². The van der Waals surface area contributed by atoms with E-state index >= 15 is 0 Å². The molecule has 2 N–H and O–H groups in total. The van der Waals surface area contributed by atoms with Crippen LogP contribution >= 0.6 is 0 Å².